The Hall–Kier alpha value is -0.580. The van der Waals surface area contributed by atoms with Gasteiger partial charge >= 0.3 is 0 Å². The van der Waals surface area contributed by atoms with Crippen LogP contribution in [0.4, 0.5) is 0 Å². The van der Waals surface area contributed by atoms with Crippen LogP contribution in [-0.2, 0) is 20.8 Å². The van der Waals surface area contributed by atoms with Gasteiger partial charge in [0.05, 0.1) is 6.61 Å². The second-order valence-corrected chi connectivity index (χ2v) is 9.43. The van der Waals surface area contributed by atoms with E-state index in [9.17, 15) is 0 Å². The van der Waals surface area contributed by atoms with Crippen molar-refractivity contribution in [1.82, 2.24) is 0 Å². The molecule has 27 heavy (non-hydrogen) atoms. The fourth-order valence-corrected chi connectivity index (χ4v) is 1.80. The average Bonchev–Trinajstić information content (AvgIpc) is 2.57. The van der Waals surface area contributed by atoms with Crippen LogP contribution in [0.2, 0.25) is 0 Å². The minimum absolute atomic E-state index is 0.0811. The van der Waals surface area contributed by atoms with Gasteiger partial charge in [-0.3, -0.25) is 10.8 Å². The van der Waals surface area contributed by atoms with Crippen molar-refractivity contribution < 1.29 is 14.2 Å². The first kappa shape index (κ1) is 24.5. The zero-order valence-corrected chi connectivity index (χ0v) is 18.1. The van der Waals surface area contributed by atoms with E-state index in [0.29, 0.717) is 6.61 Å². The van der Waals surface area contributed by atoms with Gasteiger partial charge in [-0.15, -0.1) is 0 Å². The van der Waals surface area contributed by atoms with E-state index in [1.807, 2.05) is 30.3 Å². The molecule has 0 aliphatic heterocycles. The summed E-state index contributed by atoms with van der Waals surface area (Å²) in [6.07, 6.45) is -1.05. The molecule has 0 aliphatic carbocycles. The van der Waals surface area contributed by atoms with E-state index in [4.69, 9.17) is 94.6 Å². The van der Waals surface area contributed by atoms with E-state index in [2.05, 4.69) is 11.8 Å². The van der Waals surface area contributed by atoms with E-state index < -0.39 is 25.5 Å². The standard InChI is InChI=1S/C16H14Cl6N2O3/c17-15(18,19)13(23)26-10-12(27-14(24)16(20,21)22)7-4-8-25-9-11-5-2-1-3-6-11/h1-3,5-6,12,23-24H,8-10H2. The first-order valence-electron chi connectivity index (χ1n) is 7.21. The second-order valence-electron chi connectivity index (χ2n) is 4.87. The van der Waals surface area contributed by atoms with Gasteiger partial charge < -0.3 is 14.2 Å². The molecule has 0 aliphatic rings. The fraction of sp³-hybridized carbons (Fsp3) is 0.375. The van der Waals surface area contributed by atoms with Crippen molar-refractivity contribution >= 4 is 81.4 Å². The highest BCUT2D eigenvalue weighted by Crippen LogP contribution is 2.29. The van der Waals surface area contributed by atoms with E-state index in [1.165, 1.54) is 0 Å². The molecule has 1 unspecified atom stereocenters. The third-order valence-electron chi connectivity index (χ3n) is 2.70. The maximum atomic E-state index is 7.60. The summed E-state index contributed by atoms with van der Waals surface area (Å²) < 4.78 is 11.4. The Kier molecular flexibility index (Phi) is 10.4. The monoisotopic (exact) mass is 492 g/mol. The van der Waals surface area contributed by atoms with E-state index >= 15 is 0 Å². The SMILES string of the molecule is N=C(OCC(C#CCOCc1ccccc1)OC(=N)C(Cl)(Cl)Cl)C(Cl)(Cl)Cl. The molecule has 11 heteroatoms. The smallest absolute Gasteiger partial charge is 0.265 e. The second kappa shape index (κ2) is 11.4. The number of benzene rings is 1. The van der Waals surface area contributed by atoms with Gasteiger partial charge in [0.1, 0.15) is 13.2 Å². The maximum Gasteiger partial charge on any atom is 0.265 e. The lowest BCUT2D eigenvalue weighted by atomic mass is 10.2. The molecule has 5 nitrogen and oxygen atoms in total. The van der Waals surface area contributed by atoms with Crippen molar-refractivity contribution in [2.24, 2.45) is 0 Å². The Morgan fingerprint density at radius 1 is 0.963 bits per heavy atom. The molecule has 0 radical (unpaired) electrons. The average molecular weight is 495 g/mol. The molecule has 148 valence electrons. The van der Waals surface area contributed by atoms with Gasteiger partial charge in [0.15, 0.2) is 6.10 Å². The van der Waals surface area contributed by atoms with Gasteiger partial charge in [0, 0.05) is 0 Å². The zero-order valence-electron chi connectivity index (χ0n) is 13.6. The van der Waals surface area contributed by atoms with Crippen LogP contribution in [0.3, 0.4) is 0 Å². The summed E-state index contributed by atoms with van der Waals surface area (Å²) in [5, 5.41) is 15.1. The summed E-state index contributed by atoms with van der Waals surface area (Å²) in [6, 6.07) is 9.52. The topological polar surface area (TPSA) is 75.4 Å². The highest BCUT2D eigenvalue weighted by atomic mass is 35.6. The van der Waals surface area contributed by atoms with E-state index in [0.717, 1.165) is 5.56 Å². The Morgan fingerprint density at radius 3 is 2.11 bits per heavy atom. The molecule has 2 N–H and O–H groups in total. The van der Waals surface area contributed by atoms with Gasteiger partial charge in [-0.25, -0.2) is 0 Å². The van der Waals surface area contributed by atoms with Crippen molar-refractivity contribution in [3.05, 3.63) is 35.9 Å². The molecular formula is C16H14Cl6N2O3. The number of halogens is 6. The maximum absolute atomic E-state index is 7.60. The molecule has 0 saturated heterocycles. The third kappa shape index (κ3) is 10.5. The molecule has 0 fully saturated rings. The van der Waals surface area contributed by atoms with Crippen molar-refractivity contribution in [2.45, 2.75) is 20.3 Å². The van der Waals surface area contributed by atoms with Crippen LogP contribution >= 0.6 is 69.6 Å². The van der Waals surface area contributed by atoms with Gasteiger partial charge in [0.25, 0.3) is 7.59 Å². The number of ether oxygens (including phenoxy) is 3. The molecule has 0 amide bonds. The molecule has 0 saturated carbocycles. The van der Waals surface area contributed by atoms with Crippen LogP contribution < -0.4 is 0 Å². The highest BCUT2D eigenvalue weighted by Gasteiger charge is 2.32. The summed E-state index contributed by atoms with van der Waals surface area (Å²) in [4.78, 5) is 0. The summed E-state index contributed by atoms with van der Waals surface area (Å²) in [6.45, 7) is 0.124. The van der Waals surface area contributed by atoms with Crippen LogP contribution in [0, 0.1) is 22.7 Å². The fourth-order valence-electron chi connectivity index (χ4n) is 1.50. The van der Waals surface area contributed by atoms with Gasteiger partial charge in [-0.05, 0) is 5.56 Å². The van der Waals surface area contributed by atoms with Crippen LogP contribution in [0.5, 0.6) is 0 Å². The predicted octanol–water partition coefficient (Wildman–Crippen LogP) is 5.30. The van der Waals surface area contributed by atoms with Crippen LogP contribution in [0.1, 0.15) is 5.56 Å². The Balaban J connectivity index is 2.62. The van der Waals surface area contributed by atoms with Crippen molar-refractivity contribution in [3.8, 4) is 11.8 Å². The molecule has 1 aromatic rings. The lowest BCUT2D eigenvalue weighted by Gasteiger charge is -2.20. The summed E-state index contributed by atoms with van der Waals surface area (Å²) in [5.74, 6) is 4.05. The molecule has 0 heterocycles. The Morgan fingerprint density at radius 2 is 1.56 bits per heavy atom. The van der Waals surface area contributed by atoms with E-state index in [1.54, 1.807) is 0 Å². The number of rotatable bonds is 6. The Labute approximate surface area is 187 Å². The summed E-state index contributed by atoms with van der Waals surface area (Å²) in [7, 11) is 0. The van der Waals surface area contributed by atoms with Gasteiger partial charge in [0.2, 0.25) is 11.8 Å². The molecule has 0 bridgehead atoms. The lowest BCUT2D eigenvalue weighted by Crippen LogP contribution is -2.32. The minimum Gasteiger partial charge on any atom is -0.473 e. The first-order chi connectivity index (χ1) is 12.5. The largest absolute Gasteiger partial charge is 0.473 e. The lowest BCUT2D eigenvalue weighted by molar-refractivity contribution is 0.144. The van der Waals surface area contributed by atoms with Crippen molar-refractivity contribution in [2.75, 3.05) is 13.2 Å². The predicted molar refractivity (Wildman–Crippen MR) is 111 cm³/mol. The first-order valence-corrected chi connectivity index (χ1v) is 9.48. The number of nitrogens with one attached hydrogen (secondary N) is 2. The molecule has 0 aromatic heterocycles. The molecule has 1 atom stereocenters. The van der Waals surface area contributed by atoms with Gasteiger partial charge in [-0.2, -0.15) is 0 Å². The zero-order chi connectivity index (χ0) is 20.5. The quantitative estimate of drug-likeness (QED) is 0.185. The van der Waals surface area contributed by atoms with Gasteiger partial charge in [-0.1, -0.05) is 112 Å². The van der Waals surface area contributed by atoms with Crippen molar-refractivity contribution in [1.29, 1.82) is 10.8 Å². The van der Waals surface area contributed by atoms with Crippen molar-refractivity contribution in [3.63, 3.8) is 0 Å². The summed E-state index contributed by atoms with van der Waals surface area (Å²) >= 11 is 33.3. The summed E-state index contributed by atoms with van der Waals surface area (Å²) in [5.41, 5.74) is 0.990. The molecule has 1 aromatic carbocycles. The highest BCUT2D eigenvalue weighted by molar-refractivity contribution is 6.76. The normalized spacial score (nSPS) is 12.5. The molecular weight excluding hydrogens is 481 g/mol. The molecule has 1 rings (SSSR count). The molecule has 0 spiro atoms. The van der Waals surface area contributed by atoms with Crippen LogP contribution in [-0.4, -0.2) is 38.7 Å². The Bertz CT molecular complexity index is 692. The number of alkyl halides is 6. The van der Waals surface area contributed by atoms with E-state index in [-0.39, 0.29) is 13.2 Å². The third-order valence-corrected chi connectivity index (χ3v) is 3.73. The number of hydrogen-bond acceptors (Lipinski definition) is 5. The van der Waals surface area contributed by atoms with Crippen LogP contribution in [0.25, 0.3) is 0 Å². The minimum atomic E-state index is -2.08. The van der Waals surface area contributed by atoms with Crippen LogP contribution in [0.15, 0.2) is 30.3 Å². The number of hydrogen-bond donors (Lipinski definition) is 2.